The van der Waals surface area contributed by atoms with Crippen LogP contribution in [0.2, 0.25) is 0 Å². The highest BCUT2D eigenvalue weighted by Gasteiger charge is 2.12. The first kappa shape index (κ1) is 32.8. The smallest absolute Gasteiger partial charge is 0.0899 e. The standard InChI is InChI=1S/C43H46N2/c1-36(2)21-17-19-31-44(33-42(38-23-9-5-10-24-38)39-25-11-6-12-26-39)35-45(32-20-18-22-37(3)4)34-43(40-27-13-7-14-28-40)41-29-15-8-16-30-41/h5-30,33-34H,31-32,35H2,1-4H3. The number of hydrogen-bond acceptors (Lipinski definition) is 2. The molecule has 0 heterocycles. The third kappa shape index (κ3) is 11.2. The molecule has 0 aliphatic rings. The maximum absolute atomic E-state index is 2.41. The second kappa shape index (κ2) is 17.9. The van der Waals surface area contributed by atoms with Crippen molar-refractivity contribution in [1.29, 1.82) is 0 Å². The molecule has 0 atom stereocenters. The average Bonchev–Trinajstić information content (AvgIpc) is 3.07. The molecule has 0 aromatic heterocycles. The third-order valence-electron chi connectivity index (χ3n) is 7.14. The minimum Gasteiger partial charge on any atom is -0.356 e. The van der Waals surface area contributed by atoms with Gasteiger partial charge in [0, 0.05) is 36.6 Å². The zero-order valence-electron chi connectivity index (χ0n) is 27.2. The van der Waals surface area contributed by atoms with Crippen molar-refractivity contribution in [2.75, 3.05) is 19.8 Å². The first-order valence-electron chi connectivity index (χ1n) is 15.7. The molecule has 0 saturated heterocycles. The monoisotopic (exact) mass is 590 g/mol. The third-order valence-corrected chi connectivity index (χ3v) is 7.14. The summed E-state index contributed by atoms with van der Waals surface area (Å²) in [6.45, 7) is 10.7. The minimum absolute atomic E-state index is 0.699. The van der Waals surface area contributed by atoms with E-state index in [0.717, 1.165) is 13.1 Å². The zero-order valence-corrected chi connectivity index (χ0v) is 27.2. The highest BCUT2D eigenvalue weighted by molar-refractivity contribution is 5.80. The summed E-state index contributed by atoms with van der Waals surface area (Å²) in [5, 5.41) is 0. The highest BCUT2D eigenvalue weighted by atomic mass is 15.3. The molecule has 0 saturated carbocycles. The summed E-state index contributed by atoms with van der Waals surface area (Å²) < 4.78 is 0. The quantitative estimate of drug-likeness (QED) is 0.106. The molecule has 0 unspecified atom stereocenters. The first-order valence-corrected chi connectivity index (χ1v) is 15.7. The van der Waals surface area contributed by atoms with E-state index >= 15 is 0 Å². The second-order valence-electron chi connectivity index (χ2n) is 11.6. The molecule has 228 valence electrons. The molecule has 0 fully saturated rings. The van der Waals surface area contributed by atoms with Gasteiger partial charge in [-0.25, -0.2) is 0 Å². The molecule has 0 N–H and O–H groups in total. The lowest BCUT2D eigenvalue weighted by molar-refractivity contribution is 0.257. The predicted molar refractivity (Wildman–Crippen MR) is 195 cm³/mol. The normalized spacial score (nSPS) is 10.8. The lowest BCUT2D eigenvalue weighted by Crippen LogP contribution is -2.32. The van der Waals surface area contributed by atoms with Crippen molar-refractivity contribution in [3.05, 3.63) is 204 Å². The number of allylic oxidation sites excluding steroid dienone is 6. The molecule has 0 bridgehead atoms. The Morgan fingerprint density at radius 3 is 1.00 bits per heavy atom. The van der Waals surface area contributed by atoms with Gasteiger partial charge in [-0.05, 0) is 49.9 Å². The van der Waals surface area contributed by atoms with Crippen LogP contribution in [0.25, 0.3) is 11.1 Å². The summed E-state index contributed by atoms with van der Waals surface area (Å²) in [4.78, 5) is 4.81. The SMILES string of the molecule is CC(C)=CC=CCN(C=C(c1ccccc1)c1ccccc1)CN(C=C(c1ccccc1)c1ccccc1)CC=CC=C(C)C. The largest absolute Gasteiger partial charge is 0.356 e. The Morgan fingerprint density at radius 1 is 0.444 bits per heavy atom. The topological polar surface area (TPSA) is 6.48 Å². The summed E-state index contributed by atoms with van der Waals surface area (Å²) in [7, 11) is 0. The Bertz CT molecular complexity index is 1410. The Kier molecular flexibility index (Phi) is 13.1. The number of hydrogen-bond donors (Lipinski definition) is 0. The summed E-state index contributed by atoms with van der Waals surface area (Å²) in [6.07, 6.45) is 17.8. The Hall–Kier alpha value is -5.08. The van der Waals surface area contributed by atoms with Crippen LogP contribution in [0.4, 0.5) is 0 Å². The van der Waals surface area contributed by atoms with E-state index in [1.54, 1.807) is 0 Å². The van der Waals surface area contributed by atoms with E-state index in [4.69, 9.17) is 0 Å². The Morgan fingerprint density at radius 2 is 0.733 bits per heavy atom. The van der Waals surface area contributed by atoms with Crippen LogP contribution < -0.4 is 0 Å². The highest BCUT2D eigenvalue weighted by Crippen LogP contribution is 2.26. The van der Waals surface area contributed by atoms with Crippen molar-refractivity contribution in [3.8, 4) is 0 Å². The van der Waals surface area contributed by atoms with Crippen molar-refractivity contribution in [3.63, 3.8) is 0 Å². The number of nitrogens with zero attached hydrogens (tertiary/aromatic N) is 2. The summed E-state index contributed by atoms with van der Waals surface area (Å²) in [5.41, 5.74) is 9.75. The van der Waals surface area contributed by atoms with Gasteiger partial charge in [0.15, 0.2) is 0 Å². The maximum Gasteiger partial charge on any atom is 0.0899 e. The molecule has 4 rings (SSSR count). The summed E-state index contributed by atoms with van der Waals surface area (Å²) in [5.74, 6) is 0. The van der Waals surface area contributed by atoms with Gasteiger partial charge in [0.1, 0.15) is 0 Å². The van der Waals surface area contributed by atoms with Crippen LogP contribution in [0.3, 0.4) is 0 Å². The fourth-order valence-corrected chi connectivity index (χ4v) is 4.92. The average molecular weight is 591 g/mol. The molecule has 2 heteroatoms. The Balaban J connectivity index is 1.81. The zero-order chi connectivity index (χ0) is 31.7. The predicted octanol–water partition coefficient (Wildman–Crippen LogP) is 10.8. The maximum atomic E-state index is 2.41. The van der Waals surface area contributed by atoms with Crippen LogP contribution in [0, 0.1) is 0 Å². The van der Waals surface area contributed by atoms with Crippen molar-refractivity contribution >= 4 is 11.1 Å². The number of rotatable bonds is 14. The molecule has 2 nitrogen and oxygen atoms in total. The molecule has 0 radical (unpaired) electrons. The van der Waals surface area contributed by atoms with Crippen molar-refractivity contribution in [2.45, 2.75) is 27.7 Å². The van der Waals surface area contributed by atoms with Gasteiger partial charge in [-0.1, -0.05) is 169 Å². The van der Waals surface area contributed by atoms with Gasteiger partial charge in [0.05, 0.1) is 6.67 Å². The van der Waals surface area contributed by atoms with Gasteiger partial charge < -0.3 is 9.80 Å². The van der Waals surface area contributed by atoms with Crippen molar-refractivity contribution in [1.82, 2.24) is 9.80 Å². The van der Waals surface area contributed by atoms with Gasteiger partial charge in [-0.15, -0.1) is 0 Å². The van der Waals surface area contributed by atoms with Crippen molar-refractivity contribution in [2.24, 2.45) is 0 Å². The van der Waals surface area contributed by atoms with Crippen LogP contribution in [-0.2, 0) is 0 Å². The molecule has 45 heavy (non-hydrogen) atoms. The van der Waals surface area contributed by atoms with Crippen LogP contribution in [0.15, 0.2) is 181 Å². The molecule has 0 aliphatic carbocycles. The number of benzene rings is 4. The summed E-state index contributed by atoms with van der Waals surface area (Å²) in [6, 6.07) is 42.7. The molecule has 0 spiro atoms. The van der Waals surface area contributed by atoms with E-state index in [0.29, 0.717) is 6.67 Å². The fourth-order valence-electron chi connectivity index (χ4n) is 4.92. The van der Waals surface area contributed by atoms with E-state index in [-0.39, 0.29) is 0 Å². The van der Waals surface area contributed by atoms with Gasteiger partial charge in [-0.3, -0.25) is 0 Å². The molecule has 0 aliphatic heterocycles. The van der Waals surface area contributed by atoms with Gasteiger partial charge in [0.2, 0.25) is 0 Å². The van der Waals surface area contributed by atoms with E-state index in [1.807, 2.05) is 0 Å². The lowest BCUT2D eigenvalue weighted by atomic mass is 9.98. The van der Waals surface area contributed by atoms with Crippen LogP contribution >= 0.6 is 0 Å². The van der Waals surface area contributed by atoms with E-state index in [9.17, 15) is 0 Å². The second-order valence-corrected chi connectivity index (χ2v) is 11.6. The molecule has 4 aromatic rings. The summed E-state index contributed by atoms with van der Waals surface area (Å²) >= 11 is 0. The van der Waals surface area contributed by atoms with Gasteiger partial charge in [-0.2, -0.15) is 0 Å². The lowest BCUT2D eigenvalue weighted by Gasteiger charge is -2.29. The van der Waals surface area contributed by atoms with Crippen molar-refractivity contribution < 1.29 is 0 Å². The van der Waals surface area contributed by atoms with Crippen LogP contribution in [0.1, 0.15) is 49.9 Å². The van der Waals surface area contributed by atoms with E-state index < -0.39 is 0 Å². The molecule has 4 aromatic carbocycles. The van der Waals surface area contributed by atoms with E-state index in [1.165, 1.54) is 44.5 Å². The van der Waals surface area contributed by atoms with E-state index in [2.05, 4.69) is 208 Å². The molecule has 0 amide bonds. The first-order chi connectivity index (χ1) is 22.0. The fraction of sp³-hybridized carbons (Fsp3) is 0.163. The molecular weight excluding hydrogens is 544 g/mol. The van der Waals surface area contributed by atoms with Crippen LogP contribution in [-0.4, -0.2) is 29.6 Å². The Labute approximate surface area is 271 Å². The molecular formula is C43H46N2. The minimum atomic E-state index is 0.699. The van der Waals surface area contributed by atoms with Crippen LogP contribution in [0.5, 0.6) is 0 Å². The van der Waals surface area contributed by atoms with Gasteiger partial charge in [0.25, 0.3) is 0 Å². The van der Waals surface area contributed by atoms with Gasteiger partial charge >= 0.3 is 0 Å².